The Morgan fingerprint density at radius 2 is 1.62 bits per heavy atom. The van der Waals surface area contributed by atoms with E-state index in [2.05, 4.69) is 10.0 Å². The smallest absolute Gasteiger partial charge is 0.241 e. The zero-order valence-corrected chi connectivity index (χ0v) is 19.4. The van der Waals surface area contributed by atoms with Crippen molar-refractivity contribution in [1.29, 1.82) is 0 Å². The van der Waals surface area contributed by atoms with Crippen molar-refractivity contribution < 1.29 is 22.4 Å². The number of halogens is 1. The maximum atomic E-state index is 13.1. The minimum absolute atomic E-state index is 0.00122. The van der Waals surface area contributed by atoms with Gasteiger partial charge in [0.1, 0.15) is 5.82 Å². The molecule has 3 aromatic rings. The van der Waals surface area contributed by atoms with Gasteiger partial charge in [-0.2, -0.15) is 0 Å². The Bertz CT molecular complexity index is 1280. The molecule has 0 atom stereocenters. The Morgan fingerprint density at radius 3 is 2.35 bits per heavy atom. The lowest BCUT2D eigenvalue weighted by atomic mass is 10.0. The van der Waals surface area contributed by atoms with Crippen molar-refractivity contribution in [3.8, 4) is 0 Å². The normalized spacial score (nSPS) is 14.8. The summed E-state index contributed by atoms with van der Waals surface area (Å²) in [6.45, 7) is 0.666. The average molecular weight is 484 g/mol. The highest BCUT2D eigenvalue weighted by Gasteiger charge is 2.26. The second kappa shape index (κ2) is 10.3. The van der Waals surface area contributed by atoms with Crippen LogP contribution >= 0.6 is 0 Å². The molecule has 0 aliphatic carbocycles. The number of carbonyl (C=O) groups excluding carboxylic acids is 2. The fraction of sp³-hybridized carbons (Fsp3) is 0.280. The van der Waals surface area contributed by atoms with Crippen LogP contribution in [0.25, 0.3) is 10.8 Å². The first-order valence-corrected chi connectivity index (χ1v) is 12.6. The number of hydrogen-bond acceptors (Lipinski definition) is 4. The first-order chi connectivity index (χ1) is 16.3. The van der Waals surface area contributed by atoms with Crippen LogP contribution in [0.15, 0.2) is 71.6 Å². The predicted octanol–water partition coefficient (Wildman–Crippen LogP) is 2.61. The molecule has 1 heterocycles. The average Bonchev–Trinajstić information content (AvgIpc) is 2.83. The van der Waals surface area contributed by atoms with Gasteiger partial charge < -0.3 is 10.2 Å². The van der Waals surface area contributed by atoms with Crippen molar-refractivity contribution in [2.24, 2.45) is 0 Å². The number of nitrogens with one attached hydrogen (secondary N) is 2. The third-order valence-corrected chi connectivity index (χ3v) is 7.50. The third-order valence-electron chi connectivity index (χ3n) is 5.96. The molecule has 1 aliphatic heterocycles. The Hall–Kier alpha value is -3.30. The molecule has 0 bridgehead atoms. The van der Waals surface area contributed by atoms with E-state index in [-0.39, 0.29) is 35.7 Å². The van der Waals surface area contributed by atoms with Crippen molar-refractivity contribution in [2.75, 3.05) is 19.6 Å². The molecule has 7 nitrogen and oxygen atoms in total. The van der Waals surface area contributed by atoms with Gasteiger partial charge in [0.05, 0.1) is 17.9 Å². The van der Waals surface area contributed by atoms with Crippen LogP contribution in [0.1, 0.15) is 18.4 Å². The van der Waals surface area contributed by atoms with Crippen molar-refractivity contribution in [3.05, 3.63) is 78.1 Å². The minimum Gasteiger partial charge on any atom is -0.347 e. The van der Waals surface area contributed by atoms with E-state index in [1.165, 1.54) is 12.1 Å². The van der Waals surface area contributed by atoms with Crippen LogP contribution in [0.2, 0.25) is 0 Å². The molecule has 178 valence electrons. The van der Waals surface area contributed by atoms with Gasteiger partial charge in [-0.05, 0) is 53.4 Å². The van der Waals surface area contributed by atoms with E-state index in [1.54, 1.807) is 4.90 Å². The molecule has 1 fully saturated rings. The quantitative estimate of drug-likeness (QED) is 0.540. The van der Waals surface area contributed by atoms with Crippen LogP contribution in [-0.4, -0.2) is 50.8 Å². The van der Waals surface area contributed by atoms with Crippen LogP contribution < -0.4 is 10.0 Å². The second-order valence-electron chi connectivity index (χ2n) is 8.32. The molecule has 0 aromatic heterocycles. The fourth-order valence-electron chi connectivity index (χ4n) is 4.12. The zero-order valence-electron chi connectivity index (χ0n) is 18.5. The van der Waals surface area contributed by atoms with Crippen LogP contribution in [0.4, 0.5) is 4.39 Å². The molecule has 1 aliphatic rings. The number of hydrogen-bond donors (Lipinski definition) is 2. The molecule has 2 N–H and O–H groups in total. The van der Waals surface area contributed by atoms with Gasteiger partial charge in [-0.1, -0.05) is 42.5 Å². The lowest BCUT2D eigenvalue weighted by Gasteiger charge is -2.32. The number of piperidine rings is 1. The second-order valence-corrected chi connectivity index (χ2v) is 10.0. The first kappa shape index (κ1) is 23.8. The summed E-state index contributed by atoms with van der Waals surface area (Å²) in [4.78, 5) is 26.6. The van der Waals surface area contributed by atoms with Crippen LogP contribution in [-0.2, 0) is 26.0 Å². The van der Waals surface area contributed by atoms with E-state index in [4.69, 9.17) is 0 Å². The lowest BCUT2D eigenvalue weighted by Crippen LogP contribution is -2.49. The molecule has 2 amide bonds. The molecule has 9 heteroatoms. The maximum absolute atomic E-state index is 13.1. The molecule has 0 unspecified atom stereocenters. The van der Waals surface area contributed by atoms with E-state index in [0.29, 0.717) is 25.9 Å². The molecule has 0 saturated carbocycles. The van der Waals surface area contributed by atoms with Gasteiger partial charge in [0.2, 0.25) is 21.8 Å². The number of carbonyl (C=O) groups is 2. The minimum atomic E-state index is -3.76. The topological polar surface area (TPSA) is 95.6 Å². The highest BCUT2D eigenvalue weighted by molar-refractivity contribution is 7.89. The lowest BCUT2D eigenvalue weighted by molar-refractivity contribution is -0.133. The summed E-state index contributed by atoms with van der Waals surface area (Å²) in [5, 5.41) is 4.76. The number of likely N-dealkylation sites (tertiary alicyclic amines) is 1. The Kier molecular flexibility index (Phi) is 7.23. The monoisotopic (exact) mass is 483 g/mol. The van der Waals surface area contributed by atoms with Crippen LogP contribution in [0.5, 0.6) is 0 Å². The van der Waals surface area contributed by atoms with E-state index >= 15 is 0 Å². The van der Waals surface area contributed by atoms with Crippen molar-refractivity contribution in [2.45, 2.75) is 30.2 Å². The molecule has 34 heavy (non-hydrogen) atoms. The van der Waals surface area contributed by atoms with Gasteiger partial charge in [-0.25, -0.2) is 17.5 Å². The summed E-state index contributed by atoms with van der Waals surface area (Å²) in [6, 6.07) is 18.0. The Balaban J connectivity index is 1.24. The van der Waals surface area contributed by atoms with Gasteiger partial charge in [0, 0.05) is 19.1 Å². The van der Waals surface area contributed by atoms with Gasteiger partial charge in [-0.15, -0.1) is 0 Å². The largest absolute Gasteiger partial charge is 0.347 e. The number of nitrogens with zero attached hydrogens (tertiary/aromatic N) is 1. The Labute approximate surface area is 198 Å². The van der Waals surface area contributed by atoms with Gasteiger partial charge in [-0.3, -0.25) is 9.59 Å². The molecule has 0 spiro atoms. The highest BCUT2D eigenvalue weighted by Crippen LogP contribution is 2.19. The van der Waals surface area contributed by atoms with Crippen molar-refractivity contribution in [3.63, 3.8) is 0 Å². The number of amides is 2. The number of rotatable bonds is 7. The van der Waals surface area contributed by atoms with Gasteiger partial charge in [0.25, 0.3) is 0 Å². The summed E-state index contributed by atoms with van der Waals surface area (Å²) in [5.41, 5.74) is 0.900. The third kappa shape index (κ3) is 5.78. The summed E-state index contributed by atoms with van der Waals surface area (Å²) in [7, 11) is -3.76. The summed E-state index contributed by atoms with van der Waals surface area (Å²) in [5.74, 6) is -0.937. The SMILES string of the molecule is O=C(Cc1cccc2ccccc12)NCC(=O)N1CCC(NS(=O)(=O)c2ccc(F)cc2)CC1. The maximum Gasteiger partial charge on any atom is 0.241 e. The van der Waals surface area contributed by atoms with Gasteiger partial charge in [0.15, 0.2) is 0 Å². The summed E-state index contributed by atoms with van der Waals surface area (Å²) >= 11 is 0. The van der Waals surface area contributed by atoms with Crippen molar-refractivity contribution >= 4 is 32.6 Å². The Morgan fingerprint density at radius 1 is 0.941 bits per heavy atom. The molecule has 3 aromatic carbocycles. The van der Waals surface area contributed by atoms with Crippen molar-refractivity contribution in [1.82, 2.24) is 14.9 Å². The standard InChI is InChI=1S/C25H26FN3O4S/c26-20-8-10-22(11-9-20)34(32,33)28-21-12-14-29(15-13-21)25(31)17-27-24(30)16-19-6-3-5-18-4-1-2-7-23(18)19/h1-11,21,28H,12-17H2,(H,27,30). The predicted molar refractivity (Wildman–Crippen MR) is 127 cm³/mol. The zero-order chi connectivity index (χ0) is 24.1. The molecular weight excluding hydrogens is 457 g/mol. The summed E-state index contributed by atoms with van der Waals surface area (Å²) in [6.07, 6.45) is 1.09. The molecule has 4 rings (SSSR count). The fourth-order valence-corrected chi connectivity index (χ4v) is 5.42. The van der Waals surface area contributed by atoms with E-state index in [0.717, 1.165) is 28.5 Å². The number of sulfonamides is 1. The van der Waals surface area contributed by atoms with Crippen LogP contribution in [0.3, 0.4) is 0 Å². The van der Waals surface area contributed by atoms with Gasteiger partial charge >= 0.3 is 0 Å². The molecule has 1 saturated heterocycles. The van der Waals surface area contributed by atoms with E-state index < -0.39 is 15.8 Å². The summed E-state index contributed by atoms with van der Waals surface area (Å²) < 4.78 is 40.6. The van der Waals surface area contributed by atoms with Crippen LogP contribution in [0, 0.1) is 5.82 Å². The highest BCUT2D eigenvalue weighted by atomic mass is 32.2. The van der Waals surface area contributed by atoms with E-state index in [1.807, 2.05) is 42.5 Å². The number of benzene rings is 3. The first-order valence-electron chi connectivity index (χ1n) is 11.1. The molecular formula is C25H26FN3O4S. The number of fused-ring (bicyclic) bond motifs is 1. The van der Waals surface area contributed by atoms with E-state index in [9.17, 15) is 22.4 Å². The molecule has 0 radical (unpaired) electrons.